The minimum absolute atomic E-state index is 0.526. The van der Waals surface area contributed by atoms with Crippen LogP contribution in [0.2, 0.25) is 0 Å². The van der Waals surface area contributed by atoms with Gasteiger partial charge in [-0.1, -0.05) is 0 Å². The Kier molecular flexibility index (Phi) is 19.5. The lowest BCUT2D eigenvalue weighted by Crippen LogP contribution is -2.58. The fourth-order valence-corrected chi connectivity index (χ4v) is 4.38. The molecule has 0 aromatic carbocycles. The molecule has 0 aromatic rings. The summed E-state index contributed by atoms with van der Waals surface area (Å²) in [5, 5.41) is 178. The Morgan fingerprint density at radius 3 is 0.792 bits per heavy atom. The number of rotatable bonds is 6. The highest BCUT2D eigenvalue weighted by Gasteiger charge is 2.46. The summed E-state index contributed by atoms with van der Waals surface area (Å²) in [5.74, 6) is 0. The van der Waals surface area contributed by atoms with Crippen molar-refractivity contribution < 1.29 is 121 Å². The van der Waals surface area contributed by atoms with Crippen molar-refractivity contribution >= 4 is 0 Å². The van der Waals surface area contributed by atoms with Crippen LogP contribution in [0.1, 0.15) is 0 Å². The van der Waals surface area contributed by atoms with Gasteiger partial charge in [-0.05, 0) is 0 Å². The monoisotopic (exact) mass is 720 g/mol. The van der Waals surface area contributed by atoms with Gasteiger partial charge in [-0.15, -0.1) is 0 Å². The molecule has 24 heteroatoms. The van der Waals surface area contributed by atoms with E-state index in [2.05, 4.69) is 18.9 Å². The molecule has 0 aliphatic carbocycles. The molecule has 4 heterocycles. The van der Waals surface area contributed by atoms with Crippen LogP contribution in [0.5, 0.6) is 0 Å². The van der Waals surface area contributed by atoms with Gasteiger partial charge in [-0.25, -0.2) is 0 Å². The van der Waals surface area contributed by atoms with Crippen LogP contribution in [0.15, 0.2) is 0 Å². The van der Waals surface area contributed by atoms with Crippen LogP contribution in [-0.2, 0) is 18.9 Å². The normalized spacial score (nSPS) is 47.0. The average Bonchev–Trinajstić information content (AvgIpc) is 3.49. The molecule has 0 saturated carbocycles. The largest absolute Gasteiger partial charge is 0.394 e. The topological polar surface area (TPSA) is 442 Å². The Morgan fingerprint density at radius 1 is 0.333 bits per heavy atom. The lowest BCUT2D eigenvalue weighted by atomic mass is 10.00. The first-order valence-corrected chi connectivity index (χ1v) is 14.2. The van der Waals surface area contributed by atoms with E-state index in [-0.39, 0.29) is 0 Å². The molecule has 4 aliphatic rings. The number of aliphatic hydroxyl groups excluding tert-OH is 20. The van der Waals surface area contributed by atoms with Crippen molar-refractivity contribution in [2.75, 3.05) is 26.4 Å². The van der Waals surface area contributed by atoms with Gasteiger partial charge in [0.25, 0.3) is 0 Å². The predicted octanol–water partition coefficient (Wildman–Crippen LogP) is -12.9. The summed E-state index contributed by atoms with van der Waals surface area (Å²) >= 11 is 0. The van der Waals surface area contributed by atoms with E-state index in [9.17, 15) is 0 Å². The first kappa shape index (κ1) is 45.1. The molecule has 48 heavy (non-hydrogen) atoms. The summed E-state index contributed by atoms with van der Waals surface area (Å²) in [4.78, 5) is 0. The summed E-state index contributed by atoms with van der Waals surface area (Å²) < 4.78 is 18.3. The Bertz CT molecular complexity index is 798. The van der Waals surface area contributed by atoms with Gasteiger partial charge in [0.1, 0.15) is 97.7 Å². The van der Waals surface area contributed by atoms with Crippen molar-refractivity contribution in [2.45, 2.75) is 123 Å². The van der Waals surface area contributed by atoms with Crippen LogP contribution in [-0.4, -0.2) is 251 Å². The van der Waals surface area contributed by atoms with E-state index in [0.29, 0.717) is 0 Å². The summed E-state index contributed by atoms with van der Waals surface area (Å²) in [6, 6.07) is 0. The first-order chi connectivity index (χ1) is 22.3. The van der Waals surface area contributed by atoms with Crippen molar-refractivity contribution in [3.05, 3.63) is 0 Å². The Labute approximate surface area is 270 Å². The van der Waals surface area contributed by atoms with Gasteiger partial charge < -0.3 is 121 Å². The van der Waals surface area contributed by atoms with Gasteiger partial charge in [0.05, 0.1) is 26.4 Å². The van der Waals surface area contributed by atoms with Gasteiger partial charge >= 0.3 is 0 Å². The second-order valence-electron chi connectivity index (χ2n) is 10.9. The molecule has 0 aromatic heterocycles. The Morgan fingerprint density at radius 2 is 0.583 bits per heavy atom. The van der Waals surface area contributed by atoms with Crippen LogP contribution in [0.3, 0.4) is 0 Å². The fraction of sp³-hybridized carbons (Fsp3) is 1.00. The number of hydrogen-bond acceptors (Lipinski definition) is 24. The van der Waals surface area contributed by atoms with E-state index < -0.39 is 149 Å². The molecule has 4 aliphatic heterocycles. The molecular weight excluding hydrogens is 672 g/mol. The second-order valence-corrected chi connectivity index (χ2v) is 10.9. The van der Waals surface area contributed by atoms with E-state index in [1.54, 1.807) is 0 Å². The Balaban J connectivity index is 0.000000320. The van der Waals surface area contributed by atoms with Crippen molar-refractivity contribution in [2.24, 2.45) is 0 Å². The highest BCUT2D eigenvalue weighted by Crippen LogP contribution is 2.23. The minimum atomic E-state index is -1.57. The number of ether oxygens (including phenoxy) is 4. The smallest absolute Gasteiger partial charge is 0.184 e. The molecule has 4 fully saturated rings. The Hall–Kier alpha value is -0.960. The molecular formula is C24H48O24. The third kappa shape index (κ3) is 11.5. The van der Waals surface area contributed by atoms with Crippen LogP contribution >= 0.6 is 0 Å². The third-order valence-electron chi connectivity index (χ3n) is 7.42. The zero-order chi connectivity index (χ0) is 37.2. The van der Waals surface area contributed by atoms with E-state index in [4.69, 9.17) is 102 Å². The van der Waals surface area contributed by atoms with E-state index in [0.717, 1.165) is 0 Å². The lowest BCUT2D eigenvalue weighted by molar-refractivity contribution is -0.286. The summed E-state index contributed by atoms with van der Waals surface area (Å²) in [6.07, 6.45) is -27.6. The SMILES string of the molecule is OCC1O[C@@H](O)C(O)[C@H](O)[C@@H]1O.OCC1O[C@H](O)C(O)[C@H](O)[C@@H]1O.OC[C@@H](O)[C@H]1O[C@@H](O)C(O)[C@@H]1O.OC[C@@H](O)[C@H]1O[C@H](O)C(O)[C@@H]1O. The van der Waals surface area contributed by atoms with Gasteiger partial charge in [0, 0.05) is 0 Å². The summed E-state index contributed by atoms with van der Waals surface area (Å²) in [5.41, 5.74) is 0. The molecule has 20 atom stereocenters. The third-order valence-corrected chi connectivity index (χ3v) is 7.42. The van der Waals surface area contributed by atoms with Gasteiger partial charge in [0.15, 0.2) is 25.2 Å². The van der Waals surface area contributed by atoms with Crippen LogP contribution in [0.4, 0.5) is 0 Å². The lowest BCUT2D eigenvalue weighted by Gasteiger charge is -2.37. The number of hydrogen-bond donors (Lipinski definition) is 20. The van der Waals surface area contributed by atoms with Crippen molar-refractivity contribution in [3.8, 4) is 0 Å². The summed E-state index contributed by atoms with van der Waals surface area (Å²) in [7, 11) is 0. The van der Waals surface area contributed by atoms with Crippen LogP contribution in [0, 0.1) is 0 Å². The molecule has 0 spiro atoms. The van der Waals surface area contributed by atoms with Gasteiger partial charge in [0.2, 0.25) is 0 Å². The maximum Gasteiger partial charge on any atom is 0.184 e. The van der Waals surface area contributed by atoms with E-state index >= 15 is 0 Å². The van der Waals surface area contributed by atoms with Crippen molar-refractivity contribution in [1.82, 2.24) is 0 Å². The van der Waals surface area contributed by atoms with Crippen molar-refractivity contribution in [3.63, 3.8) is 0 Å². The van der Waals surface area contributed by atoms with Crippen LogP contribution < -0.4 is 0 Å². The molecule has 4 saturated heterocycles. The summed E-state index contributed by atoms with van der Waals surface area (Å²) in [6.45, 7) is -2.24. The quantitative estimate of drug-likeness (QED) is 0.121. The van der Waals surface area contributed by atoms with Crippen LogP contribution in [0.25, 0.3) is 0 Å². The molecule has 6 unspecified atom stereocenters. The minimum Gasteiger partial charge on any atom is -0.394 e. The molecule has 4 rings (SSSR count). The first-order valence-electron chi connectivity index (χ1n) is 14.2. The van der Waals surface area contributed by atoms with Gasteiger partial charge in [-0.3, -0.25) is 0 Å². The van der Waals surface area contributed by atoms with Crippen molar-refractivity contribution in [1.29, 1.82) is 0 Å². The zero-order valence-corrected chi connectivity index (χ0v) is 25.0. The fourth-order valence-electron chi connectivity index (χ4n) is 4.38. The van der Waals surface area contributed by atoms with E-state index in [1.165, 1.54) is 0 Å². The molecule has 288 valence electrons. The molecule has 0 radical (unpaired) electrons. The standard InChI is InChI=1S/4C6H12O6/c2*7-1-2(8)5-3(9)4(10)6(11)12-5;2*7-1-2-3(8)4(9)5(10)6(11)12-2/h4*2-11H,1H2/t2-,3+,4?,5-,6+;2-,3+,4?,5-,6-;2?,3-,4-,5?,6+;2?,3-,4-,5?,6-/m1111/s1. The number of aliphatic hydroxyl groups is 20. The molecule has 24 nitrogen and oxygen atoms in total. The average molecular weight is 721 g/mol. The molecule has 0 bridgehead atoms. The maximum atomic E-state index is 9.12. The molecule has 20 N–H and O–H groups in total. The second kappa shape index (κ2) is 20.8. The maximum absolute atomic E-state index is 9.12. The van der Waals surface area contributed by atoms with E-state index in [1.807, 2.05) is 0 Å². The highest BCUT2D eigenvalue weighted by atomic mass is 16.7. The highest BCUT2D eigenvalue weighted by molar-refractivity contribution is 4.91. The zero-order valence-electron chi connectivity index (χ0n) is 25.0. The molecule has 0 amide bonds. The van der Waals surface area contributed by atoms with Gasteiger partial charge in [-0.2, -0.15) is 0 Å². The predicted molar refractivity (Wildman–Crippen MR) is 144 cm³/mol.